The molecular weight excluding hydrogens is 270 g/mol. The van der Waals surface area contributed by atoms with Crippen LogP contribution in [-0.4, -0.2) is 80.5 Å². The summed E-state index contributed by atoms with van der Waals surface area (Å²) < 4.78 is 11.3. The van der Waals surface area contributed by atoms with Gasteiger partial charge in [-0.25, -0.2) is 4.79 Å². The highest BCUT2D eigenvalue weighted by molar-refractivity contribution is 5.74. The Labute approximate surface area is 126 Å². The van der Waals surface area contributed by atoms with Crippen LogP contribution < -0.4 is 5.32 Å². The quantitative estimate of drug-likeness (QED) is 0.814. The Kier molecular flexibility index (Phi) is 4.98. The number of morpholine rings is 2. The Morgan fingerprint density at radius 2 is 1.57 bits per heavy atom. The van der Waals surface area contributed by atoms with Gasteiger partial charge in [-0.3, -0.25) is 4.90 Å². The SMILES string of the molecule is O=C(NCC12COCCN1CCOC2)N1CCCCCC1. The van der Waals surface area contributed by atoms with Crippen LogP contribution in [0.5, 0.6) is 0 Å². The molecular formula is C15H27N3O3. The third-order valence-electron chi connectivity index (χ3n) is 4.89. The Hall–Kier alpha value is -0.850. The number of nitrogens with zero attached hydrogens (tertiary/aromatic N) is 2. The van der Waals surface area contributed by atoms with Gasteiger partial charge in [0.1, 0.15) is 0 Å². The number of carbonyl (C=O) groups is 1. The highest BCUT2D eigenvalue weighted by Crippen LogP contribution is 2.23. The molecule has 120 valence electrons. The predicted molar refractivity (Wildman–Crippen MR) is 79.4 cm³/mol. The van der Waals surface area contributed by atoms with Crippen molar-refractivity contribution in [3.63, 3.8) is 0 Å². The van der Waals surface area contributed by atoms with Gasteiger partial charge in [0.25, 0.3) is 0 Å². The molecule has 3 heterocycles. The molecule has 3 aliphatic heterocycles. The first kappa shape index (κ1) is 15.1. The van der Waals surface area contributed by atoms with E-state index in [1.807, 2.05) is 4.90 Å². The fourth-order valence-corrected chi connectivity index (χ4v) is 3.52. The number of ether oxygens (including phenoxy) is 2. The van der Waals surface area contributed by atoms with Crippen molar-refractivity contribution in [3.8, 4) is 0 Å². The molecule has 3 saturated heterocycles. The monoisotopic (exact) mass is 297 g/mol. The van der Waals surface area contributed by atoms with Gasteiger partial charge in [0.15, 0.2) is 0 Å². The molecule has 0 spiro atoms. The third kappa shape index (κ3) is 3.49. The molecule has 0 aliphatic carbocycles. The Balaban J connectivity index is 1.55. The molecule has 1 N–H and O–H groups in total. The maximum atomic E-state index is 12.4. The molecule has 0 aromatic rings. The van der Waals surface area contributed by atoms with Crippen molar-refractivity contribution in [2.24, 2.45) is 0 Å². The average molecular weight is 297 g/mol. The number of rotatable bonds is 2. The van der Waals surface area contributed by atoms with Gasteiger partial charge < -0.3 is 19.7 Å². The van der Waals surface area contributed by atoms with Crippen LogP contribution in [0.15, 0.2) is 0 Å². The Bertz CT molecular complexity index is 344. The van der Waals surface area contributed by atoms with Gasteiger partial charge in [-0.1, -0.05) is 12.8 Å². The lowest BCUT2D eigenvalue weighted by Crippen LogP contribution is -2.67. The Morgan fingerprint density at radius 3 is 2.19 bits per heavy atom. The summed E-state index contributed by atoms with van der Waals surface area (Å²) in [6.45, 7) is 7.10. The number of carbonyl (C=O) groups excluding carboxylic acids is 1. The molecule has 3 aliphatic rings. The molecule has 2 amide bonds. The maximum absolute atomic E-state index is 12.4. The van der Waals surface area contributed by atoms with Crippen molar-refractivity contribution in [2.45, 2.75) is 31.2 Å². The minimum atomic E-state index is -0.169. The molecule has 6 nitrogen and oxygen atoms in total. The molecule has 0 aromatic heterocycles. The normalized spacial score (nSPS) is 26.8. The molecule has 0 bridgehead atoms. The molecule has 0 unspecified atom stereocenters. The lowest BCUT2D eigenvalue weighted by molar-refractivity contribution is -0.139. The maximum Gasteiger partial charge on any atom is 0.317 e. The molecule has 3 fully saturated rings. The summed E-state index contributed by atoms with van der Waals surface area (Å²) in [5.41, 5.74) is -0.169. The van der Waals surface area contributed by atoms with Gasteiger partial charge in [0, 0.05) is 32.7 Å². The highest BCUT2D eigenvalue weighted by Gasteiger charge is 2.42. The fraction of sp³-hybridized carbons (Fsp3) is 0.933. The second-order valence-electron chi connectivity index (χ2n) is 6.38. The van der Waals surface area contributed by atoms with Crippen LogP contribution in [0, 0.1) is 0 Å². The van der Waals surface area contributed by atoms with E-state index in [1.165, 1.54) is 12.8 Å². The second kappa shape index (κ2) is 6.94. The van der Waals surface area contributed by atoms with Gasteiger partial charge in [-0.2, -0.15) is 0 Å². The van der Waals surface area contributed by atoms with Crippen molar-refractivity contribution in [2.75, 3.05) is 59.2 Å². The van der Waals surface area contributed by atoms with E-state index in [0.717, 1.165) is 52.2 Å². The standard InChI is InChI=1S/C15H27N3O3/c19-14(17-5-3-1-2-4-6-17)16-11-15-12-20-9-7-18(15)8-10-21-13-15/h1-13H2,(H,16,19). The zero-order valence-corrected chi connectivity index (χ0v) is 12.8. The summed E-state index contributed by atoms with van der Waals surface area (Å²) in [6.07, 6.45) is 4.72. The molecule has 3 rings (SSSR count). The first-order chi connectivity index (χ1) is 10.3. The van der Waals surface area contributed by atoms with Gasteiger partial charge in [-0.05, 0) is 12.8 Å². The first-order valence-corrected chi connectivity index (χ1v) is 8.24. The van der Waals surface area contributed by atoms with Crippen LogP contribution in [0.3, 0.4) is 0 Å². The number of urea groups is 1. The zero-order chi connectivity index (χ0) is 14.5. The van der Waals surface area contributed by atoms with Crippen molar-refractivity contribution >= 4 is 6.03 Å². The summed E-state index contributed by atoms with van der Waals surface area (Å²) in [5, 5.41) is 3.13. The van der Waals surface area contributed by atoms with E-state index in [1.54, 1.807) is 0 Å². The topological polar surface area (TPSA) is 54.0 Å². The van der Waals surface area contributed by atoms with E-state index < -0.39 is 0 Å². The zero-order valence-electron chi connectivity index (χ0n) is 12.8. The number of hydrogen-bond donors (Lipinski definition) is 1. The van der Waals surface area contributed by atoms with Crippen molar-refractivity contribution in [1.29, 1.82) is 0 Å². The number of amides is 2. The fourth-order valence-electron chi connectivity index (χ4n) is 3.52. The first-order valence-electron chi connectivity index (χ1n) is 8.24. The summed E-state index contributed by atoms with van der Waals surface area (Å²) >= 11 is 0. The molecule has 0 radical (unpaired) electrons. The van der Waals surface area contributed by atoms with Crippen LogP contribution in [0.25, 0.3) is 0 Å². The van der Waals surface area contributed by atoms with Crippen LogP contribution in [0.2, 0.25) is 0 Å². The molecule has 0 aromatic carbocycles. The van der Waals surface area contributed by atoms with Crippen LogP contribution in [0.1, 0.15) is 25.7 Å². The van der Waals surface area contributed by atoms with E-state index in [0.29, 0.717) is 19.8 Å². The number of fused-ring (bicyclic) bond motifs is 1. The molecule has 21 heavy (non-hydrogen) atoms. The van der Waals surface area contributed by atoms with Gasteiger partial charge in [0.05, 0.1) is 32.0 Å². The predicted octanol–water partition coefficient (Wildman–Crippen LogP) is 0.673. The van der Waals surface area contributed by atoms with Gasteiger partial charge >= 0.3 is 6.03 Å². The summed E-state index contributed by atoms with van der Waals surface area (Å²) in [4.78, 5) is 16.8. The lowest BCUT2D eigenvalue weighted by Gasteiger charge is -2.49. The van der Waals surface area contributed by atoms with Crippen molar-refractivity contribution < 1.29 is 14.3 Å². The summed E-state index contributed by atoms with van der Waals surface area (Å²) in [7, 11) is 0. The van der Waals surface area contributed by atoms with E-state index in [-0.39, 0.29) is 11.6 Å². The van der Waals surface area contributed by atoms with Crippen molar-refractivity contribution in [3.05, 3.63) is 0 Å². The second-order valence-corrected chi connectivity index (χ2v) is 6.38. The number of nitrogens with one attached hydrogen (secondary N) is 1. The smallest absolute Gasteiger partial charge is 0.317 e. The largest absolute Gasteiger partial charge is 0.378 e. The Morgan fingerprint density at radius 1 is 0.952 bits per heavy atom. The third-order valence-corrected chi connectivity index (χ3v) is 4.89. The summed E-state index contributed by atoms with van der Waals surface area (Å²) in [6, 6.07) is 0.0716. The van der Waals surface area contributed by atoms with Gasteiger partial charge in [0.2, 0.25) is 0 Å². The number of hydrogen-bond acceptors (Lipinski definition) is 4. The summed E-state index contributed by atoms with van der Waals surface area (Å²) in [5.74, 6) is 0. The number of likely N-dealkylation sites (tertiary alicyclic amines) is 1. The van der Waals surface area contributed by atoms with Gasteiger partial charge in [-0.15, -0.1) is 0 Å². The van der Waals surface area contributed by atoms with Crippen LogP contribution in [0.4, 0.5) is 4.79 Å². The molecule has 6 heteroatoms. The lowest BCUT2D eigenvalue weighted by atomic mass is 9.96. The van der Waals surface area contributed by atoms with E-state index in [9.17, 15) is 4.79 Å². The van der Waals surface area contributed by atoms with Crippen molar-refractivity contribution in [1.82, 2.24) is 15.1 Å². The van der Waals surface area contributed by atoms with E-state index >= 15 is 0 Å². The van der Waals surface area contributed by atoms with E-state index in [2.05, 4.69) is 10.2 Å². The van der Waals surface area contributed by atoms with E-state index in [4.69, 9.17) is 9.47 Å². The molecule has 0 saturated carbocycles. The molecule has 0 atom stereocenters. The van der Waals surface area contributed by atoms with Crippen LogP contribution in [-0.2, 0) is 9.47 Å². The highest BCUT2D eigenvalue weighted by atomic mass is 16.5. The minimum absolute atomic E-state index is 0.0716. The average Bonchev–Trinajstić information content (AvgIpc) is 2.82. The van der Waals surface area contributed by atoms with Crippen LogP contribution >= 0.6 is 0 Å². The minimum Gasteiger partial charge on any atom is -0.378 e.